The van der Waals surface area contributed by atoms with Crippen molar-refractivity contribution in [3.05, 3.63) is 29.8 Å². The third-order valence-electron chi connectivity index (χ3n) is 2.06. The number of rotatable bonds is 6. The summed E-state index contributed by atoms with van der Waals surface area (Å²) in [5.41, 5.74) is 6.57. The molecule has 0 heterocycles. The molecule has 4 heteroatoms. The lowest BCUT2D eigenvalue weighted by Crippen LogP contribution is -2.18. The summed E-state index contributed by atoms with van der Waals surface area (Å²) in [6.07, 6.45) is 0.683. The van der Waals surface area contributed by atoms with Gasteiger partial charge in [0.05, 0.1) is 6.10 Å². The second-order valence-electron chi connectivity index (χ2n) is 4.01. The van der Waals surface area contributed by atoms with E-state index < -0.39 is 0 Å². The van der Waals surface area contributed by atoms with Gasteiger partial charge in [0, 0.05) is 0 Å². The molecule has 0 atom stereocenters. The van der Waals surface area contributed by atoms with Gasteiger partial charge >= 0.3 is 5.97 Å². The summed E-state index contributed by atoms with van der Waals surface area (Å²) in [7, 11) is 0. The molecule has 17 heavy (non-hydrogen) atoms. The van der Waals surface area contributed by atoms with Crippen LogP contribution in [0.3, 0.4) is 0 Å². The van der Waals surface area contributed by atoms with Crippen LogP contribution in [0.5, 0.6) is 5.75 Å². The van der Waals surface area contributed by atoms with Crippen LogP contribution >= 0.6 is 0 Å². The molecule has 0 amide bonds. The van der Waals surface area contributed by atoms with Gasteiger partial charge in [-0.3, -0.25) is 0 Å². The number of esters is 1. The molecule has 4 nitrogen and oxygen atoms in total. The number of ether oxygens (including phenoxy) is 2. The van der Waals surface area contributed by atoms with E-state index in [9.17, 15) is 4.79 Å². The van der Waals surface area contributed by atoms with Crippen LogP contribution in [0, 0.1) is 0 Å². The number of benzene rings is 1. The van der Waals surface area contributed by atoms with E-state index in [1.54, 1.807) is 13.8 Å². The minimum Gasteiger partial charge on any atom is -0.482 e. The Kier molecular flexibility index (Phi) is 5.49. The first-order valence-electron chi connectivity index (χ1n) is 5.73. The number of carbonyl (C=O) groups is 1. The molecule has 0 saturated heterocycles. The fourth-order valence-corrected chi connectivity index (χ4v) is 1.40. The van der Waals surface area contributed by atoms with Crippen LogP contribution < -0.4 is 10.5 Å². The SMILES string of the molecule is CC(C)OC(=O)COc1cccc(CCN)c1. The van der Waals surface area contributed by atoms with Crippen LogP contribution in [0.25, 0.3) is 0 Å². The number of hydrogen-bond donors (Lipinski definition) is 1. The van der Waals surface area contributed by atoms with Gasteiger partial charge in [-0.05, 0) is 44.5 Å². The first kappa shape index (κ1) is 13.5. The molecule has 1 rings (SSSR count). The molecule has 0 saturated carbocycles. The van der Waals surface area contributed by atoms with E-state index in [2.05, 4.69) is 0 Å². The van der Waals surface area contributed by atoms with Crippen LogP contribution in [0.1, 0.15) is 19.4 Å². The Morgan fingerprint density at radius 2 is 2.18 bits per heavy atom. The summed E-state index contributed by atoms with van der Waals surface area (Å²) in [6.45, 7) is 4.14. The van der Waals surface area contributed by atoms with Gasteiger partial charge in [-0.15, -0.1) is 0 Å². The second kappa shape index (κ2) is 6.91. The number of carbonyl (C=O) groups excluding carboxylic acids is 1. The molecule has 2 N–H and O–H groups in total. The lowest BCUT2D eigenvalue weighted by atomic mass is 10.1. The van der Waals surface area contributed by atoms with Crippen molar-refractivity contribution < 1.29 is 14.3 Å². The van der Waals surface area contributed by atoms with Crippen molar-refractivity contribution >= 4 is 5.97 Å². The highest BCUT2D eigenvalue weighted by Gasteiger charge is 2.06. The topological polar surface area (TPSA) is 61.5 Å². The molecule has 94 valence electrons. The fraction of sp³-hybridized carbons (Fsp3) is 0.462. The van der Waals surface area contributed by atoms with E-state index in [-0.39, 0.29) is 18.7 Å². The van der Waals surface area contributed by atoms with Gasteiger partial charge in [0.2, 0.25) is 0 Å². The monoisotopic (exact) mass is 237 g/mol. The molecular weight excluding hydrogens is 218 g/mol. The molecule has 0 radical (unpaired) electrons. The van der Waals surface area contributed by atoms with Gasteiger partial charge in [0.25, 0.3) is 0 Å². The molecule has 0 bridgehead atoms. The maximum atomic E-state index is 11.3. The van der Waals surface area contributed by atoms with E-state index in [1.807, 2.05) is 24.3 Å². The van der Waals surface area contributed by atoms with Crippen molar-refractivity contribution in [1.82, 2.24) is 0 Å². The maximum Gasteiger partial charge on any atom is 0.344 e. The number of nitrogens with two attached hydrogens (primary N) is 1. The lowest BCUT2D eigenvalue weighted by molar-refractivity contribution is -0.149. The van der Waals surface area contributed by atoms with Crippen LogP contribution in [0.2, 0.25) is 0 Å². The van der Waals surface area contributed by atoms with Gasteiger partial charge < -0.3 is 15.2 Å². The first-order chi connectivity index (χ1) is 8.11. The Balaban J connectivity index is 2.45. The normalized spacial score (nSPS) is 10.4. The first-order valence-corrected chi connectivity index (χ1v) is 5.73. The van der Waals surface area contributed by atoms with E-state index in [1.165, 1.54) is 0 Å². The van der Waals surface area contributed by atoms with Gasteiger partial charge in [-0.2, -0.15) is 0 Å². The third-order valence-corrected chi connectivity index (χ3v) is 2.06. The van der Waals surface area contributed by atoms with E-state index in [4.69, 9.17) is 15.2 Å². The molecular formula is C13H19NO3. The van der Waals surface area contributed by atoms with Crippen molar-refractivity contribution in [3.8, 4) is 5.75 Å². The van der Waals surface area contributed by atoms with E-state index in [0.717, 1.165) is 12.0 Å². The van der Waals surface area contributed by atoms with Crippen molar-refractivity contribution in [2.75, 3.05) is 13.2 Å². The standard InChI is InChI=1S/C13H19NO3/c1-10(2)17-13(15)9-16-12-5-3-4-11(8-12)6-7-14/h3-5,8,10H,6-7,9,14H2,1-2H3. The molecule has 1 aromatic rings. The lowest BCUT2D eigenvalue weighted by Gasteiger charge is -2.10. The molecule has 0 spiro atoms. The summed E-state index contributed by atoms with van der Waals surface area (Å²) >= 11 is 0. The average molecular weight is 237 g/mol. The van der Waals surface area contributed by atoms with Crippen LogP contribution in [-0.4, -0.2) is 25.2 Å². The van der Waals surface area contributed by atoms with Crippen molar-refractivity contribution in [3.63, 3.8) is 0 Å². The Morgan fingerprint density at radius 1 is 1.41 bits per heavy atom. The zero-order valence-corrected chi connectivity index (χ0v) is 10.3. The van der Waals surface area contributed by atoms with Crippen molar-refractivity contribution in [2.24, 2.45) is 5.73 Å². The maximum absolute atomic E-state index is 11.3. The highest BCUT2D eigenvalue weighted by Crippen LogP contribution is 2.13. The highest BCUT2D eigenvalue weighted by molar-refractivity contribution is 5.71. The third kappa shape index (κ3) is 5.36. The Labute approximate surface area is 102 Å². The van der Waals surface area contributed by atoms with E-state index >= 15 is 0 Å². The molecule has 0 aliphatic rings. The van der Waals surface area contributed by atoms with Crippen LogP contribution in [0.4, 0.5) is 0 Å². The predicted octanol–water partition coefficient (Wildman–Crippen LogP) is 1.52. The largest absolute Gasteiger partial charge is 0.482 e. The molecule has 0 aliphatic carbocycles. The van der Waals surface area contributed by atoms with E-state index in [0.29, 0.717) is 12.3 Å². The molecule has 1 aromatic carbocycles. The highest BCUT2D eigenvalue weighted by atomic mass is 16.6. The Hall–Kier alpha value is -1.55. The van der Waals surface area contributed by atoms with Crippen LogP contribution in [0.15, 0.2) is 24.3 Å². The van der Waals surface area contributed by atoms with Crippen molar-refractivity contribution in [1.29, 1.82) is 0 Å². The van der Waals surface area contributed by atoms with Crippen molar-refractivity contribution in [2.45, 2.75) is 26.4 Å². The van der Waals surface area contributed by atoms with Gasteiger partial charge in [-0.1, -0.05) is 12.1 Å². The van der Waals surface area contributed by atoms with Crippen LogP contribution in [-0.2, 0) is 16.0 Å². The molecule has 0 aliphatic heterocycles. The zero-order chi connectivity index (χ0) is 12.7. The summed E-state index contributed by atoms with van der Waals surface area (Å²) in [4.78, 5) is 11.3. The summed E-state index contributed by atoms with van der Waals surface area (Å²) < 4.78 is 10.3. The fourth-order valence-electron chi connectivity index (χ4n) is 1.40. The number of hydrogen-bond acceptors (Lipinski definition) is 4. The Bertz CT molecular complexity index is 363. The summed E-state index contributed by atoms with van der Waals surface area (Å²) in [5, 5.41) is 0. The van der Waals surface area contributed by atoms with Gasteiger partial charge in [0.1, 0.15) is 5.75 Å². The second-order valence-corrected chi connectivity index (χ2v) is 4.01. The molecule has 0 fully saturated rings. The Morgan fingerprint density at radius 3 is 2.82 bits per heavy atom. The molecule has 0 unspecified atom stereocenters. The summed E-state index contributed by atoms with van der Waals surface area (Å²) in [6, 6.07) is 7.55. The quantitative estimate of drug-likeness (QED) is 0.762. The minimum atomic E-state index is -0.357. The average Bonchev–Trinajstić information content (AvgIpc) is 2.26. The van der Waals surface area contributed by atoms with Gasteiger partial charge in [0.15, 0.2) is 6.61 Å². The zero-order valence-electron chi connectivity index (χ0n) is 10.3. The smallest absolute Gasteiger partial charge is 0.344 e. The minimum absolute atomic E-state index is 0.0652. The summed E-state index contributed by atoms with van der Waals surface area (Å²) in [5.74, 6) is 0.306. The predicted molar refractivity (Wildman–Crippen MR) is 65.9 cm³/mol. The molecule has 0 aromatic heterocycles. The van der Waals surface area contributed by atoms with Gasteiger partial charge in [-0.25, -0.2) is 4.79 Å².